The number of hydrogen-bond acceptors (Lipinski definition) is 2. The molecule has 0 spiro atoms. The van der Waals surface area contributed by atoms with Gasteiger partial charge < -0.3 is 14.6 Å². The van der Waals surface area contributed by atoms with Crippen LogP contribution in [0.25, 0.3) is 10.9 Å². The van der Waals surface area contributed by atoms with Crippen molar-refractivity contribution >= 4 is 10.9 Å². The Labute approximate surface area is 114 Å². The normalized spacial score (nSPS) is 19.3. The van der Waals surface area contributed by atoms with Gasteiger partial charge in [-0.2, -0.15) is 0 Å². The smallest absolute Gasteiger partial charge is 0.0507 e. The Balaban J connectivity index is 1.54. The molecule has 3 heteroatoms. The molecular formula is C16H22N2O. The molecule has 0 saturated carbocycles. The van der Waals surface area contributed by atoms with Crippen LogP contribution in [0.2, 0.25) is 0 Å². The van der Waals surface area contributed by atoms with Gasteiger partial charge >= 0.3 is 0 Å². The van der Waals surface area contributed by atoms with Crippen LogP contribution in [0.15, 0.2) is 30.5 Å². The van der Waals surface area contributed by atoms with E-state index < -0.39 is 0 Å². The maximum absolute atomic E-state index is 5.39. The molecule has 1 aliphatic heterocycles. The van der Waals surface area contributed by atoms with Gasteiger partial charge in [-0.05, 0) is 42.3 Å². The zero-order chi connectivity index (χ0) is 13.1. The highest BCUT2D eigenvalue weighted by molar-refractivity contribution is 5.80. The molecule has 1 aromatic carbocycles. The Morgan fingerprint density at radius 2 is 2.32 bits per heavy atom. The van der Waals surface area contributed by atoms with Gasteiger partial charge in [0.05, 0.1) is 6.61 Å². The van der Waals surface area contributed by atoms with Crippen molar-refractivity contribution < 1.29 is 4.74 Å². The van der Waals surface area contributed by atoms with Crippen LogP contribution in [0.3, 0.4) is 0 Å². The molecule has 0 bridgehead atoms. The quantitative estimate of drug-likeness (QED) is 0.834. The summed E-state index contributed by atoms with van der Waals surface area (Å²) in [6, 6.07) is 8.83. The maximum Gasteiger partial charge on any atom is 0.0507 e. The monoisotopic (exact) mass is 258 g/mol. The van der Waals surface area contributed by atoms with Crippen LogP contribution in [-0.4, -0.2) is 30.9 Å². The lowest BCUT2D eigenvalue weighted by atomic mass is 10.1. The van der Waals surface area contributed by atoms with Gasteiger partial charge in [0.2, 0.25) is 0 Å². The zero-order valence-corrected chi connectivity index (χ0v) is 11.6. The van der Waals surface area contributed by atoms with Crippen LogP contribution in [0.1, 0.15) is 12.0 Å². The highest BCUT2D eigenvalue weighted by atomic mass is 16.5. The van der Waals surface area contributed by atoms with Gasteiger partial charge in [-0.15, -0.1) is 0 Å². The summed E-state index contributed by atoms with van der Waals surface area (Å²) >= 11 is 0. The Kier molecular flexibility index (Phi) is 3.85. The Hall–Kier alpha value is -1.32. The first-order valence-electron chi connectivity index (χ1n) is 7.17. The summed E-state index contributed by atoms with van der Waals surface area (Å²) < 4.78 is 7.72. The summed E-state index contributed by atoms with van der Waals surface area (Å²) in [5, 5.41) is 4.87. The molecule has 1 atom stereocenters. The Bertz CT molecular complexity index is 541. The fourth-order valence-corrected chi connectivity index (χ4v) is 2.74. The number of nitrogens with zero attached hydrogens (tertiary/aromatic N) is 1. The number of nitrogens with one attached hydrogen (secondary N) is 1. The van der Waals surface area contributed by atoms with E-state index in [4.69, 9.17) is 4.74 Å². The van der Waals surface area contributed by atoms with E-state index in [1.165, 1.54) is 22.9 Å². The standard InChI is InChI=1S/C16H22N2O/c1-13-2-3-15-4-7-18(16(15)10-13)8-6-17-11-14-5-9-19-12-14/h2-4,7,10,14,17H,5-6,8-9,11-12H2,1H3. The number of benzene rings is 1. The lowest BCUT2D eigenvalue weighted by Gasteiger charge is -2.10. The van der Waals surface area contributed by atoms with Crippen molar-refractivity contribution in [3.63, 3.8) is 0 Å². The molecule has 102 valence electrons. The minimum absolute atomic E-state index is 0.712. The molecule has 0 radical (unpaired) electrons. The molecule has 0 amide bonds. The molecule has 1 fully saturated rings. The first-order chi connectivity index (χ1) is 9.33. The summed E-state index contributed by atoms with van der Waals surface area (Å²) in [4.78, 5) is 0. The predicted octanol–water partition coefficient (Wildman–Crippen LogP) is 2.58. The van der Waals surface area contributed by atoms with E-state index in [-0.39, 0.29) is 0 Å². The van der Waals surface area contributed by atoms with Crippen molar-refractivity contribution in [2.24, 2.45) is 5.92 Å². The van der Waals surface area contributed by atoms with Gasteiger partial charge in [0, 0.05) is 38.0 Å². The molecule has 1 aliphatic rings. The van der Waals surface area contributed by atoms with Crippen LogP contribution >= 0.6 is 0 Å². The highest BCUT2D eigenvalue weighted by Crippen LogP contribution is 2.17. The number of rotatable bonds is 5. The molecule has 1 unspecified atom stereocenters. The summed E-state index contributed by atoms with van der Waals surface area (Å²) in [6.45, 7) is 7.15. The van der Waals surface area contributed by atoms with Crippen molar-refractivity contribution in [3.05, 3.63) is 36.0 Å². The van der Waals surface area contributed by atoms with E-state index in [2.05, 4.69) is 47.3 Å². The van der Waals surface area contributed by atoms with Gasteiger partial charge in [-0.25, -0.2) is 0 Å². The lowest BCUT2D eigenvalue weighted by Crippen LogP contribution is -2.26. The zero-order valence-electron chi connectivity index (χ0n) is 11.6. The molecular weight excluding hydrogens is 236 g/mol. The van der Waals surface area contributed by atoms with Gasteiger partial charge in [0.1, 0.15) is 0 Å². The second-order valence-corrected chi connectivity index (χ2v) is 5.51. The van der Waals surface area contributed by atoms with E-state index >= 15 is 0 Å². The first kappa shape index (κ1) is 12.7. The average molecular weight is 258 g/mol. The maximum atomic E-state index is 5.39. The molecule has 3 rings (SSSR count). The molecule has 3 nitrogen and oxygen atoms in total. The molecule has 2 heterocycles. The Morgan fingerprint density at radius 1 is 1.37 bits per heavy atom. The molecule has 1 aromatic heterocycles. The van der Waals surface area contributed by atoms with Crippen LogP contribution in [0.5, 0.6) is 0 Å². The predicted molar refractivity (Wildman–Crippen MR) is 78.5 cm³/mol. The fraction of sp³-hybridized carbons (Fsp3) is 0.500. The largest absolute Gasteiger partial charge is 0.381 e. The Morgan fingerprint density at radius 3 is 3.16 bits per heavy atom. The molecule has 1 saturated heterocycles. The number of aryl methyl sites for hydroxylation is 1. The summed E-state index contributed by atoms with van der Waals surface area (Å²) in [5.74, 6) is 0.712. The molecule has 2 aromatic rings. The number of fused-ring (bicyclic) bond motifs is 1. The minimum atomic E-state index is 0.712. The van der Waals surface area contributed by atoms with Crippen molar-refractivity contribution in [2.45, 2.75) is 19.9 Å². The fourth-order valence-electron chi connectivity index (χ4n) is 2.74. The van der Waals surface area contributed by atoms with Crippen LogP contribution < -0.4 is 5.32 Å². The van der Waals surface area contributed by atoms with E-state index in [9.17, 15) is 0 Å². The van der Waals surface area contributed by atoms with E-state index in [0.29, 0.717) is 5.92 Å². The molecule has 0 aliphatic carbocycles. The number of aromatic nitrogens is 1. The van der Waals surface area contributed by atoms with Crippen LogP contribution in [-0.2, 0) is 11.3 Å². The first-order valence-corrected chi connectivity index (χ1v) is 7.17. The van der Waals surface area contributed by atoms with Crippen LogP contribution in [0, 0.1) is 12.8 Å². The van der Waals surface area contributed by atoms with Gasteiger partial charge in [-0.3, -0.25) is 0 Å². The van der Waals surface area contributed by atoms with Gasteiger partial charge in [0.15, 0.2) is 0 Å². The number of ether oxygens (including phenoxy) is 1. The van der Waals surface area contributed by atoms with Crippen LogP contribution in [0.4, 0.5) is 0 Å². The van der Waals surface area contributed by atoms with Crippen molar-refractivity contribution in [2.75, 3.05) is 26.3 Å². The van der Waals surface area contributed by atoms with Crippen molar-refractivity contribution in [3.8, 4) is 0 Å². The minimum Gasteiger partial charge on any atom is -0.381 e. The molecule has 1 N–H and O–H groups in total. The lowest BCUT2D eigenvalue weighted by molar-refractivity contribution is 0.185. The summed E-state index contributed by atoms with van der Waals surface area (Å²) in [5.41, 5.74) is 2.66. The van der Waals surface area contributed by atoms with E-state index in [0.717, 1.165) is 32.8 Å². The van der Waals surface area contributed by atoms with Crippen molar-refractivity contribution in [1.29, 1.82) is 0 Å². The SMILES string of the molecule is Cc1ccc2ccn(CCNCC3CCOC3)c2c1. The summed E-state index contributed by atoms with van der Waals surface area (Å²) in [7, 11) is 0. The number of hydrogen-bond donors (Lipinski definition) is 1. The third-order valence-corrected chi connectivity index (χ3v) is 3.92. The third kappa shape index (κ3) is 2.99. The highest BCUT2D eigenvalue weighted by Gasteiger charge is 2.14. The van der Waals surface area contributed by atoms with Gasteiger partial charge in [-0.1, -0.05) is 12.1 Å². The third-order valence-electron chi connectivity index (χ3n) is 3.92. The van der Waals surface area contributed by atoms with E-state index in [1.807, 2.05) is 0 Å². The van der Waals surface area contributed by atoms with Crippen molar-refractivity contribution in [1.82, 2.24) is 9.88 Å². The second kappa shape index (κ2) is 5.76. The summed E-state index contributed by atoms with van der Waals surface area (Å²) in [6.07, 6.45) is 3.39. The van der Waals surface area contributed by atoms with E-state index in [1.54, 1.807) is 0 Å². The average Bonchev–Trinajstić information content (AvgIpc) is 3.04. The molecule has 19 heavy (non-hydrogen) atoms. The topological polar surface area (TPSA) is 26.2 Å². The van der Waals surface area contributed by atoms with Gasteiger partial charge in [0.25, 0.3) is 0 Å². The second-order valence-electron chi connectivity index (χ2n) is 5.51.